The maximum Gasteiger partial charge on any atom is 0.252 e. The van der Waals surface area contributed by atoms with Crippen LogP contribution in [-0.2, 0) is 4.79 Å². The minimum Gasteiger partial charge on any atom is -0.365 e. The molecular formula is C16H25Cl2N5O2. The predicted octanol–water partition coefficient (Wildman–Crippen LogP) is 0.672. The fraction of sp³-hybridized carbons (Fsp3) is 0.562. The van der Waals surface area contributed by atoms with E-state index < -0.39 is 5.91 Å². The summed E-state index contributed by atoms with van der Waals surface area (Å²) < 4.78 is 0. The van der Waals surface area contributed by atoms with Crippen molar-refractivity contribution in [3.05, 3.63) is 23.9 Å². The van der Waals surface area contributed by atoms with Gasteiger partial charge in [0.25, 0.3) is 5.91 Å². The topological polar surface area (TPSA) is 91.6 Å². The molecule has 1 aliphatic heterocycles. The molecule has 140 valence electrons. The molecule has 3 N–H and O–H groups in total. The first kappa shape index (κ1) is 21.5. The van der Waals surface area contributed by atoms with Gasteiger partial charge in [0.1, 0.15) is 5.82 Å². The molecule has 1 aliphatic carbocycles. The number of aromatic nitrogens is 1. The van der Waals surface area contributed by atoms with Gasteiger partial charge in [0, 0.05) is 32.4 Å². The molecule has 2 heterocycles. The van der Waals surface area contributed by atoms with Crippen molar-refractivity contribution in [3.63, 3.8) is 0 Å². The molecule has 25 heavy (non-hydrogen) atoms. The van der Waals surface area contributed by atoms with Gasteiger partial charge in [-0.15, -0.1) is 24.8 Å². The molecule has 0 aromatic carbocycles. The number of amides is 2. The number of halogens is 2. The lowest BCUT2D eigenvalue weighted by atomic mass is 10.2. The predicted molar refractivity (Wildman–Crippen MR) is 102 cm³/mol. The first-order valence-electron chi connectivity index (χ1n) is 8.13. The summed E-state index contributed by atoms with van der Waals surface area (Å²) in [5, 5.41) is 3.23. The van der Waals surface area contributed by atoms with Gasteiger partial charge in [-0.05, 0) is 37.4 Å². The minimum absolute atomic E-state index is 0. The Hall–Kier alpha value is -1.57. The molecule has 0 unspecified atom stereocenters. The molecule has 1 saturated heterocycles. The second-order valence-electron chi connectivity index (χ2n) is 6.18. The summed E-state index contributed by atoms with van der Waals surface area (Å²) in [5.74, 6) is 1.05. The zero-order valence-corrected chi connectivity index (χ0v) is 15.7. The summed E-state index contributed by atoms with van der Waals surface area (Å²) in [6.07, 6.45) is 4.22. The second-order valence-corrected chi connectivity index (χ2v) is 6.18. The van der Waals surface area contributed by atoms with Gasteiger partial charge in [-0.1, -0.05) is 0 Å². The van der Waals surface area contributed by atoms with Crippen molar-refractivity contribution in [1.29, 1.82) is 0 Å². The number of pyridine rings is 1. The summed E-state index contributed by atoms with van der Waals surface area (Å²) in [6.45, 7) is 3.95. The van der Waals surface area contributed by atoms with Gasteiger partial charge in [0.2, 0.25) is 5.91 Å². The number of piperazine rings is 1. The van der Waals surface area contributed by atoms with E-state index in [4.69, 9.17) is 5.73 Å². The van der Waals surface area contributed by atoms with Crippen LogP contribution < -0.4 is 16.0 Å². The maximum atomic E-state index is 12.2. The Labute approximate surface area is 160 Å². The lowest BCUT2D eigenvalue weighted by Gasteiger charge is -2.36. The van der Waals surface area contributed by atoms with Crippen LogP contribution in [0.25, 0.3) is 0 Å². The number of primary amides is 1. The molecule has 2 fully saturated rings. The average molecular weight is 390 g/mol. The van der Waals surface area contributed by atoms with Crippen LogP contribution in [0.4, 0.5) is 5.82 Å². The van der Waals surface area contributed by atoms with Crippen LogP contribution in [0.15, 0.2) is 18.3 Å². The van der Waals surface area contributed by atoms with Gasteiger partial charge in [-0.25, -0.2) is 4.98 Å². The fourth-order valence-electron chi connectivity index (χ4n) is 2.83. The van der Waals surface area contributed by atoms with E-state index in [1.165, 1.54) is 12.8 Å². The summed E-state index contributed by atoms with van der Waals surface area (Å²) in [5.41, 5.74) is 5.83. The van der Waals surface area contributed by atoms with Gasteiger partial charge in [0.15, 0.2) is 0 Å². The summed E-state index contributed by atoms with van der Waals surface area (Å²) in [4.78, 5) is 31.8. The molecule has 1 saturated carbocycles. The van der Waals surface area contributed by atoms with E-state index in [-0.39, 0.29) is 30.7 Å². The molecule has 0 atom stereocenters. The van der Waals surface area contributed by atoms with Crippen LogP contribution in [0, 0.1) is 5.92 Å². The van der Waals surface area contributed by atoms with Crippen molar-refractivity contribution in [1.82, 2.24) is 15.2 Å². The number of carbonyl (C=O) groups is 2. The summed E-state index contributed by atoms with van der Waals surface area (Å²) in [7, 11) is 0. The average Bonchev–Trinajstić information content (AvgIpc) is 3.39. The molecule has 3 rings (SSSR count). The largest absolute Gasteiger partial charge is 0.365 e. The molecule has 2 amide bonds. The van der Waals surface area contributed by atoms with Gasteiger partial charge >= 0.3 is 0 Å². The highest BCUT2D eigenvalue weighted by atomic mass is 35.5. The molecule has 0 bridgehead atoms. The minimum atomic E-state index is -0.476. The third kappa shape index (κ3) is 5.73. The van der Waals surface area contributed by atoms with Crippen LogP contribution in [0.5, 0.6) is 0 Å². The van der Waals surface area contributed by atoms with Crippen LogP contribution in [-0.4, -0.2) is 61.0 Å². The highest BCUT2D eigenvalue weighted by Crippen LogP contribution is 2.27. The summed E-state index contributed by atoms with van der Waals surface area (Å²) >= 11 is 0. The smallest absolute Gasteiger partial charge is 0.252 e. The van der Waals surface area contributed by atoms with Crippen molar-refractivity contribution < 1.29 is 9.59 Å². The molecule has 1 aromatic rings. The quantitative estimate of drug-likeness (QED) is 0.745. The molecule has 1 aromatic heterocycles. The molecular weight excluding hydrogens is 365 g/mol. The van der Waals surface area contributed by atoms with E-state index in [0.29, 0.717) is 44.1 Å². The van der Waals surface area contributed by atoms with Gasteiger partial charge in [-0.2, -0.15) is 0 Å². The van der Waals surface area contributed by atoms with Crippen molar-refractivity contribution in [2.75, 3.05) is 44.2 Å². The third-order valence-electron chi connectivity index (χ3n) is 4.39. The highest BCUT2D eigenvalue weighted by molar-refractivity contribution is 5.97. The highest BCUT2D eigenvalue weighted by Gasteiger charge is 2.25. The third-order valence-corrected chi connectivity index (χ3v) is 4.39. The number of rotatable bonds is 6. The molecule has 9 heteroatoms. The van der Waals surface area contributed by atoms with Crippen molar-refractivity contribution >= 4 is 42.4 Å². The summed E-state index contributed by atoms with van der Waals surface area (Å²) in [6, 6.07) is 3.39. The van der Waals surface area contributed by atoms with E-state index in [1.54, 1.807) is 18.3 Å². The number of hydrogen-bond acceptors (Lipinski definition) is 5. The molecule has 2 aliphatic rings. The van der Waals surface area contributed by atoms with Crippen LogP contribution in [0.2, 0.25) is 0 Å². The van der Waals surface area contributed by atoms with Crippen LogP contribution in [0.1, 0.15) is 23.2 Å². The lowest BCUT2D eigenvalue weighted by molar-refractivity contribution is -0.130. The maximum absolute atomic E-state index is 12.2. The zero-order valence-electron chi connectivity index (χ0n) is 14.0. The Kier molecular flexibility index (Phi) is 8.41. The van der Waals surface area contributed by atoms with Crippen LogP contribution >= 0.6 is 24.8 Å². The SMILES string of the molecule is Cl.Cl.NC(=O)c1cccnc1N1CCN(C(=O)CNCC2CC2)CC1. The number of anilines is 1. The number of hydrogen-bond donors (Lipinski definition) is 2. The van der Waals surface area contributed by atoms with Crippen molar-refractivity contribution in [3.8, 4) is 0 Å². The Morgan fingerprint density at radius 1 is 1.20 bits per heavy atom. The lowest BCUT2D eigenvalue weighted by Crippen LogP contribution is -2.51. The number of carbonyl (C=O) groups excluding carboxylic acids is 2. The zero-order chi connectivity index (χ0) is 16.2. The fourth-order valence-corrected chi connectivity index (χ4v) is 2.83. The first-order chi connectivity index (χ1) is 11.1. The van der Waals surface area contributed by atoms with Gasteiger partial charge in [-0.3, -0.25) is 9.59 Å². The Balaban J connectivity index is 0.00000156. The normalized spacial score (nSPS) is 16.6. The standard InChI is InChI=1S/C16H23N5O2.2ClH/c17-15(23)13-2-1-5-19-16(13)21-8-6-20(7-9-21)14(22)11-18-10-12-3-4-12;;/h1-2,5,12,18H,3-4,6-11H2,(H2,17,23);2*1H. The van der Waals surface area contributed by atoms with Crippen LogP contribution in [0.3, 0.4) is 0 Å². The van der Waals surface area contributed by atoms with E-state index in [2.05, 4.69) is 10.3 Å². The number of nitrogens with one attached hydrogen (secondary N) is 1. The number of nitrogens with zero attached hydrogens (tertiary/aromatic N) is 3. The Morgan fingerprint density at radius 3 is 2.48 bits per heavy atom. The monoisotopic (exact) mass is 389 g/mol. The Bertz CT molecular complexity index is 590. The van der Waals surface area contributed by atoms with Gasteiger partial charge < -0.3 is 20.9 Å². The van der Waals surface area contributed by atoms with Crippen molar-refractivity contribution in [2.24, 2.45) is 11.7 Å². The van der Waals surface area contributed by atoms with E-state index in [9.17, 15) is 9.59 Å². The van der Waals surface area contributed by atoms with Crippen molar-refractivity contribution in [2.45, 2.75) is 12.8 Å². The molecule has 0 radical (unpaired) electrons. The number of nitrogens with two attached hydrogens (primary N) is 1. The van der Waals surface area contributed by atoms with E-state index in [0.717, 1.165) is 12.5 Å². The second kappa shape index (κ2) is 9.79. The Morgan fingerprint density at radius 2 is 1.88 bits per heavy atom. The van der Waals surface area contributed by atoms with E-state index >= 15 is 0 Å². The van der Waals surface area contributed by atoms with E-state index in [1.807, 2.05) is 9.80 Å². The molecule has 7 nitrogen and oxygen atoms in total. The molecule has 0 spiro atoms. The first-order valence-corrected chi connectivity index (χ1v) is 8.13. The van der Waals surface area contributed by atoms with Gasteiger partial charge in [0.05, 0.1) is 12.1 Å².